The van der Waals surface area contributed by atoms with Gasteiger partial charge in [-0.25, -0.2) is 23.1 Å². The highest BCUT2D eigenvalue weighted by Gasteiger charge is 2.39. The lowest BCUT2D eigenvalue weighted by Gasteiger charge is -2.35. The fourth-order valence-electron chi connectivity index (χ4n) is 4.91. The Balaban J connectivity index is 1.54. The lowest BCUT2D eigenvalue weighted by molar-refractivity contribution is -0.150. The molecule has 9 nitrogen and oxygen atoms in total. The number of nitrogens with one attached hydrogen (secondary N) is 2. The normalized spacial score (nSPS) is 26.2. The lowest BCUT2D eigenvalue weighted by Crippen LogP contribution is -2.39. The van der Waals surface area contributed by atoms with Gasteiger partial charge in [0.1, 0.15) is 17.5 Å². The number of aliphatic carboxylic acids is 1. The summed E-state index contributed by atoms with van der Waals surface area (Å²) in [5, 5.41) is 15.4. The standard InChI is InChI=1S/C24H26ClF3N6O3/c1-24(21(35)36)5-2-13(3-6-24)34-20-18(10-29-22(33-20)30-17-4-7-37-11-16(17)28)31-23(34)32-19-14(25)8-12(26)9-15(19)27/h8-10,13,16-17H,2-7,11H2,1H3,(H,31,32)(H,35,36)(H,29,30,33)/t13?,16-,17+,24?/m1/s1. The number of benzene rings is 1. The SMILES string of the molecule is CC1(C(=O)O)CCC(n2c(Nc3c(F)cc(F)cc3Cl)nc3cnc(N[C@H]4CCOC[C@H]4F)nc32)CC1. The molecule has 2 aliphatic rings. The zero-order chi connectivity index (χ0) is 26.3. The summed E-state index contributed by atoms with van der Waals surface area (Å²) in [5.74, 6) is -2.17. The number of anilines is 3. The van der Waals surface area contributed by atoms with Crippen LogP contribution in [0.15, 0.2) is 18.3 Å². The van der Waals surface area contributed by atoms with Crippen LogP contribution in [0.3, 0.4) is 0 Å². The van der Waals surface area contributed by atoms with Crippen molar-refractivity contribution in [3.8, 4) is 0 Å². The average Bonchev–Trinajstić information content (AvgIpc) is 3.20. The number of carboxylic acid groups (broad SMARTS) is 1. The van der Waals surface area contributed by atoms with Crippen LogP contribution >= 0.6 is 11.6 Å². The molecule has 13 heteroatoms. The average molecular weight is 539 g/mol. The molecule has 3 aromatic rings. The second-order valence-electron chi connectivity index (χ2n) is 9.80. The van der Waals surface area contributed by atoms with Crippen molar-refractivity contribution in [2.45, 2.75) is 57.3 Å². The number of hydrogen-bond acceptors (Lipinski definition) is 7. The van der Waals surface area contributed by atoms with Crippen molar-refractivity contribution in [1.82, 2.24) is 19.5 Å². The molecule has 37 heavy (non-hydrogen) atoms. The van der Waals surface area contributed by atoms with Crippen molar-refractivity contribution < 1.29 is 27.8 Å². The number of hydrogen-bond donors (Lipinski definition) is 3. The number of fused-ring (bicyclic) bond motifs is 1. The highest BCUT2D eigenvalue weighted by atomic mass is 35.5. The zero-order valence-electron chi connectivity index (χ0n) is 20.0. The van der Waals surface area contributed by atoms with Crippen LogP contribution in [0, 0.1) is 17.0 Å². The number of aromatic nitrogens is 4. The van der Waals surface area contributed by atoms with E-state index in [1.165, 1.54) is 6.20 Å². The number of halogens is 4. The molecule has 0 unspecified atom stereocenters. The fourth-order valence-corrected chi connectivity index (χ4v) is 5.15. The Morgan fingerprint density at radius 2 is 2.00 bits per heavy atom. The molecule has 1 aliphatic carbocycles. The van der Waals surface area contributed by atoms with Crippen LogP contribution < -0.4 is 10.6 Å². The Kier molecular flexibility index (Phi) is 6.88. The zero-order valence-corrected chi connectivity index (χ0v) is 20.7. The van der Waals surface area contributed by atoms with Crippen molar-refractivity contribution in [3.63, 3.8) is 0 Å². The third-order valence-corrected chi connectivity index (χ3v) is 7.52. The van der Waals surface area contributed by atoms with E-state index in [0.29, 0.717) is 55.9 Å². The smallest absolute Gasteiger partial charge is 0.309 e. The number of carbonyl (C=O) groups is 1. The number of ether oxygens (including phenoxy) is 1. The summed E-state index contributed by atoms with van der Waals surface area (Å²) in [6, 6.07) is 0.964. The first-order valence-corrected chi connectivity index (χ1v) is 12.4. The van der Waals surface area contributed by atoms with Crippen molar-refractivity contribution in [2.75, 3.05) is 23.8 Å². The lowest BCUT2D eigenvalue weighted by atomic mass is 9.74. The van der Waals surface area contributed by atoms with Crippen molar-refractivity contribution in [2.24, 2.45) is 5.41 Å². The minimum atomic E-state index is -1.22. The summed E-state index contributed by atoms with van der Waals surface area (Å²) in [4.78, 5) is 25.2. The number of imidazole rings is 1. The van der Waals surface area contributed by atoms with Gasteiger partial charge < -0.3 is 20.5 Å². The van der Waals surface area contributed by atoms with Gasteiger partial charge in [-0.2, -0.15) is 4.98 Å². The van der Waals surface area contributed by atoms with E-state index in [9.17, 15) is 23.1 Å². The minimum Gasteiger partial charge on any atom is -0.481 e. The van der Waals surface area contributed by atoms with Gasteiger partial charge in [0.15, 0.2) is 11.5 Å². The highest BCUT2D eigenvalue weighted by molar-refractivity contribution is 6.33. The summed E-state index contributed by atoms with van der Waals surface area (Å²) in [6.45, 7) is 2.12. The largest absolute Gasteiger partial charge is 0.481 e. The predicted octanol–water partition coefficient (Wildman–Crippen LogP) is 5.25. The van der Waals surface area contributed by atoms with Crippen LogP contribution in [-0.2, 0) is 9.53 Å². The molecule has 3 heterocycles. The Morgan fingerprint density at radius 1 is 1.24 bits per heavy atom. The van der Waals surface area contributed by atoms with Crippen molar-refractivity contribution >= 4 is 46.3 Å². The van der Waals surface area contributed by atoms with Crippen LogP contribution in [0.4, 0.5) is 30.8 Å². The maximum Gasteiger partial charge on any atom is 0.309 e. The Labute approximate surface area is 215 Å². The summed E-state index contributed by atoms with van der Waals surface area (Å²) in [5.41, 5.74) is -0.208. The number of rotatable bonds is 6. The van der Waals surface area contributed by atoms with Crippen LogP contribution in [-0.4, -0.2) is 56.0 Å². The third-order valence-electron chi connectivity index (χ3n) is 7.22. The summed E-state index contributed by atoms with van der Waals surface area (Å²) >= 11 is 6.11. The van der Waals surface area contributed by atoms with E-state index >= 15 is 0 Å². The molecular weight excluding hydrogens is 513 g/mol. The van der Waals surface area contributed by atoms with Crippen molar-refractivity contribution in [1.29, 1.82) is 0 Å². The molecule has 0 bridgehead atoms. The quantitative estimate of drug-likeness (QED) is 0.390. The van der Waals surface area contributed by atoms with Gasteiger partial charge in [-0.1, -0.05) is 11.6 Å². The number of carboxylic acids is 1. The van der Waals surface area contributed by atoms with Crippen LogP contribution in [0.1, 0.15) is 45.1 Å². The van der Waals surface area contributed by atoms with Crippen LogP contribution in [0.5, 0.6) is 0 Å². The van der Waals surface area contributed by atoms with Crippen LogP contribution in [0.2, 0.25) is 5.02 Å². The fraction of sp³-hybridized carbons (Fsp3) is 0.500. The Morgan fingerprint density at radius 3 is 2.68 bits per heavy atom. The molecule has 1 aromatic carbocycles. The predicted molar refractivity (Wildman–Crippen MR) is 131 cm³/mol. The Bertz CT molecular complexity index is 1310. The summed E-state index contributed by atoms with van der Waals surface area (Å²) in [6.07, 6.45) is 2.55. The van der Waals surface area contributed by atoms with E-state index in [1.807, 2.05) is 0 Å². The minimum absolute atomic E-state index is 0.0136. The first kappa shape index (κ1) is 25.5. The van der Waals surface area contributed by atoms with Gasteiger partial charge in [0, 0.05) is 18.7 Å². The number of alkyl halides is 1. The molecule has 1 aliphatic heterocycles. The molecular formula is C24H26ClF3N6O3. The molecule has 1 saturated carbocycles. The summed E-state index contributed by atoms with van der Waals surface area (Å²) in [7, 11) is 0. The van der Waals surface area contributed by atoms with E-state index in [2.05, 4.69) is 25.6 Å². The molecule has 5 rings (SSSR count). The van der Waals surface area contributed by atoms with Gasteiger partial charge in [-0.3, -0.25) is 9.36 Å². The van der Waals surface area contributed by atoms with Gasteiger partial charge in [0.05, 0.1) is 35.0 Å². The maximum absolute atomic E-state index is 14.6. The van der Waals surface area contributed by atoms with Crippen molar-refractivity contribution in [3.05, 3.63) is 35.0 Å². The first-order valence-electron chi connectivity index (χ1n) is 12.0. The first-order chi connectivity index (χ1) is 17.6. The number of nitrogens with zero attached hydrogens (tertiary/aromatic N) is 4. The van der Waals surface area contributed by atoms with Gasteiger partial charge in [-0.05, 0) is 45.1 Å². The molecule has 198 valence electrons. The molecule has 2 atom stereocenters. The second kappa shape index (κ2) is 9.97. The van der Waals surface area contributed by atoms with Gasteiger partial charge in [-0.15, -0.1) is 0 Å². The topological polar surface area (TPSA) is 114 Å². The van der Waals surface area contributed by atoms with E-state index in [4.69, 9.17) is 16.3 Å². The molecule has 0 spiro atoms. The van der Waals surface area contributed by atoms with Crippen LogP contribution in [0.25, 0.3) is 11.2 Å². The third kappa shape index (κ3) is 5.04. The molecule has 1 saturated heterocycles. The van der Waals surface area contributed by atoms with E-state index in [-0.39, 0.29) is 35.3 Å². The molecule has 3 N–H and O–H groups in total. The summed E-state index contributed by atoms with van der Waals surface area (Å²) < 4.78 is 49.4. The Hall–Kier alpha value is -3.12. The molecule has 2 aromatic heterocycles. The molecule has 2 fully saturated rings. The monoisotopic (exact) mass is 538 g/mol. The van der Waals surface area contributed by atoms with Gasteiger partial charge in [0.2, 0.25) is 11.9 Å². The van der Waals surface area contributed by atoms with E-state index in [1.54, 1.807) is 11.5 Å². The second-order valence-corrected chi connectivity index (χ2v) is 10.2. The molecule has 0 radical (unpaired) electrons. The highest BCUT2D eigenvalue weighted by Crippen LogP contribution is 2.43. The maximum atomic E-state index is 14.6. The van der Waals surface area contributed by atoms with E-state index < -0.39 is 35.2 Å². The van der Waals surface area contributed by atoms with E-state index in [0.717, 1.165) is 6.07 Å². The van der Waals surface area contributed by atoms with Gasteiger partial charge >= 0.3 is 5.97 Å². The molecule has 0 amide bonds. The van der Waals surface area contributed by atoms with Gasteiger partial charge in [0.25, 0.3) is 0 Å².